The van der Waals surface area contributed by atoms with Gasteiger partial charge in [0.1, 0.15) is 0 Å². The van der Waals surface area contributed by atoms with Gasteiger partial charge in [0.05, 0.1) is 0 Å². The van der Waals surface area contributed by atoms with Crippen molar-refractivity contribution in [3.63, 3.8) is 0 Å². The molecule has 18 heavy (non-hydrogen) atoms. The van der Waals surface area contributed by atoms with Crippen LogP contribution >= 0.6 is 0 Å². The monoisotopic (exact) mass is 242 g/mol. The molecule has 1 heterocycles. The molecule has 0 radical (unpaired) electrons. The Bertz CT molecular complexity index is 561. The Morgan fingerprint density at radius 1 is 1.11 bits per heavy atom. The standard InChI is InChI=1S/C15H18N2O/c1-11-7-12(2)9-13(8-11)15(16)10-17-5-3-14(18)4-6-17/h3-9,15H,10,16H2,1-2H3. The molecule has 3 nitrogen and oxygen atoms in total. The minimum atomic E-state index is -0.0638. The number of pyridine rings is 1. The highest BCUT2D eigenvalue weighted by molar-refractivity contribution is 5.30. The molecule has 1 atom stereocenters. The van der Waals surface area contributed by atoms with Gasteiger partial charge in [-0.25, -0.2) is 0 Å². The van der Waals surface area contributed by atoms with Crippen LogP contribution in [0.5, 0.6) is 0 Å². The summed E-state index contributed by atoms with van der Waals surface area (Å²) in [7, 11) is 0. The van der Waals surface area contributed by atoms with Crippen LogP contribution < -0.4 is 11.2 Å². The van der Waals surface area contributed by atoms with Gasteiger partial charge in [-0.1, -0.05) is 29.3 Å². The van der Waals surface area contributed by atoms with Crippen molar-refractivity contribution in [1.29, 1.82) is 0 Å². The summed E-state index contributed by atoms with van der Waals surface area (Å²) in [6.07, 6.45) is 3.54. The van der Waals surface area contributed by atoms with Gasteiger partial charge in [-0.3, -0.25) is 4.79 Å². The van der Waals surface area contributed by atoms with Crippen LogP contribution in [-0.2, 0) is 6.54 Å². The van der Waals surface area contributed by atoms with Gasteiger partial charge in [0, 0.05) is 37.1 Å². The maximum Gasteiger partial charge on any atom is 0.181 e. The highest BCUT2D eigenvalue weighted by atomic mass is 16.1. The van der Waals surface area contributed by atoms with Crippen LogP contribution in [0.25, 0.3) is 0 Å². The van der Waals surface area contributed by atoms with Crippen molar-refractivity contribution in [2.45, 2.75) is 26.4 Å². The zero-order valence-corrected chi connectivity index (χ0v) is 10.8. The lowest BCUT2D eigenvalue weighted by Gasteiger charge is -2.15. The lowest BCUT2D eigenvalue weighted by atomic mass is 10.0. The maximum atomic E-state index is 11.0. The van der Waals surface area contributed by atoms with Gasteiger partial charge < -0.3 is 10.3 Å². The fraction of sp³-hybridized carbons (Fsp3) is 0.267. The fourth-order valence-corrected chi connectivity index (χ4v) is 2.12. The van der Waals surface area contributed by atoms with Crippen LogP contribution in [-0.4, -0.2) is 4.57 Å². The van der Waals surface area contributed by atoms with Crippen molar-refractivity contribution in [3.05, 3.63) is 69.6 Å². The molecule has 3 heteroatoms. The van der Waals surface area contributed by atoms with E-state index < -0.39 is 0 Å². The number of hydrogen-bond donors (Lipinski definition) is 1. The third-order valence-electron chi connectivity index (χ3n) is 2.94. The molecule has 0 aliphatic rings. The second kappa shape index (κ2) is 5.19. The first-order valence-corrected chi connectivity index (χ1v) is 6.04. The summed E-state index contributed by atoms with van der Waals surface area (Å²) in [5.74, 6) is 0. The Labute approximate surface area is 107 Å². The Hall–Kier alpha value is -1.87. The van der Waals surface area contributed by atoms with Crippen molar-refractivity contribution < 1.29 is 0 Å². The minimum Gasteiger partial charge on any atom is -0.352 e. The number of nitrogens with zero attached hydrogens (tertiary/aromatic N) is 1. The zero-order chi connectivity index (χ0) is 13.1. The predicted octanol–water partition coefficient (Wildman–Crippen LogP) is 2.17. The molecular formula is C15H18N2O. The van der Waals surface area contributed by atoms with Gasteiger partial charge in [0.25, 0.3) is 0 Å². The van der Waals surface area contributed by atoms with Crippen molar-refractivity contribution in [2.24, 2.45) is 5.73 Å². The van der Waals surface area contributed by atoms with Gasteiger partial charge in [0.15, 0.2) is 5.43 Å². The zero-order valence-electron chi connectivity index (χ0n) is 10.8. The third-order valence-corrected chi connectivity index (χ3v) is 2.94. The molecule has 0 aliphatic heterocycles. The summed E-state index contributed by atoms with van der Waals surface area (Å²) in [6.45, 7) is 4.81. The number of aromatic nitrogens is 1. The second-order valence-corrected chi connectivity index (χ2v) is 4.76. The van der Waals surface area contributed by atoms with E-state index in [4.69, 9.17) is 5.73 Å². The van der Waals surface area contributed by atoms with Crippen molar-refractivity contribution in [3.8, 4) is 0 Å². The molecule has 0 aliphatic carbocycles. The summed E-state index contributed by atoms with van der Waals surface area (Å²) in [5.41, 5.74) is 9.80. The molecule has 2 aromatic rings. The number of rotatable bonds is 3. The normalized spacial score (nSPS) is 12.4. The lowest BCUT2D eigenvalue weighted by molar-refractivity contribution is 0.573. The summed E-state index contributed by atoms with van der Waals surface area (Å²) >= 11 is 0. The molecule has 94 valence electrons. The molecule has 2 rings (SSSR count). The summed E-state index contributed by atoms with van der Waals surface area (Å²) < 4.78 is 1.93. The highest BCUT2D eigenvalue weighted by Gasteiger charge is 2.07. The van der Waals surface area contributed by atoms with E-state index in [-0.39, 0.29) is 11.5 Å². The predicted molar refractivity (Wildman–Crippen MR) is 73.5 cm³/mol. The average Bonchev–Trinajstić information content (AvgIpc) is 2.31. The number of nitrogens with two attached hydrogens (primary N) is 1. The maximum absolute atomic E-state index is 11.0. The molecule has 0 saturated carbocycles. The molecule has 0 amide bonds. The van der Waals surface area contributed by atoms with Gasteiger partial charge in [-0.15, -0.1) is 0 Å². The number of hydrogen-bond acceptors (Lipinski definition) is 2. The Kier molecular flexibility index (Phi) is 3.63. The topological polar surface area (TPSA) is 48.0 Å². The van der Waals surface area contributed by atoms with Crippen molar-refractivity contribution in [1.82, 2.24) is 4.57 Å². The van der Waals surface area contributed by atoms with Crippen LogP contribution in [0.15, 0.2) is 47.5 Å². The molecule has 1 aromatic carbocycles. The second-order valence-electron chi connectivity index (χ2n) is 4.76. The van der Waals surface area contributed by atoms with Crippen LogP contribution in [0.4, 0.5) is 0 Å². The first-order valence-electron chi connectivity index (χ1n) is 6.04. The molecule has 0 bridgehead atoms. The lowest BCUT2D eigenvalue weighted by Crippen LogP contribution is -2.18. The third kappa shape index (κ3) is 3.08. The van der Waals surface area contributed by atoms with Crippen LogP contribution in [0.3, 0.4) is 0 Å². The first-order chi connectivity index (χ1) is 8.54. The van der Waals surface area contributed by atoms with E-state index in [1.165, 1.54) is 11.1 Å². The van der Waals surface area contributed by atoms with Crippen LogP contribution in [0, 0.1) is 13.8 Å². The van der Waals surface area contributed by atoms with E-state index >= 15 is 0 Å². The largest absolute Gasteiger partial charge is 0.352 e. The molecule has 1 aromatic heterocycles. The molecule has 2 N–H and O–H groups in total. The Morgan fingerprint density at radius 2 is 1.67 bits per heavy atom. The van der Waals surface area contributed by atoms with Gasteiger partial charge in [0.2, 0.25) is 0 Å². The number of aryl methyl sites for hydroxylation is 2. The van der Waals surface area contributed by atoms with Crippen LogP contribution in [0.1, 0.15) is 22.7 Å². The average molecular weight is 242 g/mol. The summed E-state index contributed by atoms with van der Waals surface area (Å²) in [4.78, 5) is 11.0. The summed E-state index contributed by atoms with van der Waals surface area (Å²) in [6, 6.07) is 9.39. The van der Waals surface area contributed by atoms with Gasteiger partial charge in [-0.2, -0.15) is 0 Å². The van der Waals surface area contributed by atoms with E-state index in [9.17, 15) is 4.79 Å². The molecular weight excluding hydrogens is 224 g/mol. The van der Waals surface area contributed by atoms with Crippen molar-refractivity contribution >= 4 is 0 Å². The highest BCUT2D eigenvalue weighted by Crippen LogP contribution is 2.16. The quantitative estimate of drug-likeness (QED) is 0.896. The molecule has 0 saturated heterocycles. The Morgan fingerprint density at radius 3 is 2.22 bits per heavy atom. The van der Waals surface area contributed by atoms with Crippen molar-refractivity contribution in [2.75, 3.05) is 0 Å². The molecule has 0 fully saturated rings. The van der Waals surface area contributed by atoms with E-state index in [1.807, 2.05) is 4.57 Å². The van der Waals surface area contributed by atoms with E-state index in [0.717, 1.165) is 5.56 Å². The van der Waals surface area contributed by atoms with Gasteiger partial charge >= 0.3 is 0 Å². The minimum absolute atomic E-state index is 0.0196. The number of benzene rings is 1. The molecule has 0 spiro atoms. The van der Waals surface area contributed by atoms with Crippen LogP contribution in [0.2, 0.25) is 0 Å². The first kappa shape index (κ1) is 12.6. The smallest absolute Gasteiger partial charge is 0.181 e. The van der Waals surface area contributed by atoms with E-state index in [0.29, 0.717) is 6.54 Å². The fourth-order valence-electron chi connectivity index (χ4n) is 2.12. The Balaban J connectivity index is 2.18. The van der Waals surface area contributed by atoms with E-state index in [1.54, 1.807) is 24.5 Å². The summed E-state index contributed by atoms with van der Waals surface area (Å²) in [5, 5.41) is 0. The molecule has 1 unspecified atom stereocenters. The SMILES string of the molecule is Cc1cc(C)cc(C(N)Cn2ccc(=O)cc2)c1. The van der Waals surface area contributed by atoms with Gasteiger partial charge in [-0.05, 0) is 19.4 Å². The van der Waals surface area contributed by atoms with E-state index in [2.05, 4.69) is 32.0 Å².